The van der Waals surface area contributed by atoms with Crippen LogP contribution < -0.4 is 15.4 Å². The molecule has 25 heavy (non-hydrogen) atoms. The van der Waals surface area contributed by atoms with E-state index < -0.39 is 6.04 Å². The van der Waals surface area contributed by atoms with Crippen molar-refractivity contribution >= 4 is 11.6 Å². The number of benzene rings is 1. The van der Waals surface area contributed by atoms with Gasteiger partial charge in [-0.25, -0.2) is 0 Å². The van der Waals surface area contributed by atoms with Crippen LogP contribution in [0.15, 0.2) is 24.3 Å². The van der Waals surface area contributed by atoms with Crippen molar-refractivity contribution in [2.24, 2.45) is 5.73 Å². The summed E-state index contributed by atoms with van der Waals surface area (Å²) in [6.07, 6.45) is 0. The molecule has 0 aromatic heterocycles. The number of carbonyl (C=O) groups is 1. The SMILES string of the molecule is COCC(N)C(=O)N1CCN(c2ccccc2OCCN(C)C)CC1. The lowest BCUT2D eigenvalue weighted by Crippen LogP contribution is -2.54. The molecule has 1 aromatic carbocycles. The molecule has 1 heterocycles. The fourth-order valence-corrected chi connectivity index (χ4v) is 2.83. The number of likely N-dealkylation sites (N-methyl/N-ethyl adjacent to an activating group) is 1. The third-order valence-corrected chi connectivity index (χ3v) is 4.26. The first-order chi connectivity index (χ1) is 12.0. The Morgan fingerprint density at radius 2 is 1.92 bits per heavy atom. The molecule has 140 valence electrons. The van der Waals surface area contributed by atoms with E-state index in [4.69, 9.17) is 15.2 Å². The average molecular weight is 350 g/mol. The number of rotatable bonds is 8. The predicted molar refractivity (Wildman–Crippen MR) is 99.1 cm³/mol. The second kappa shape index (κ2) is 9.60. The van der Waals surface area contributed by atoms with Gasteiger partial charge in [0.1, 0.15) is 18.4 Å². The molecule has 1 fully saturated rings. The molecule has 2 N–H and O–H groups in total. The lowest BCUT2D eigenvalue weighted by molar-refractivity contribution is -0.134. The minimum absolute atomic E-state index is 0.0444. The van der Waals surface area contributed by atoms with Crippen LogP contribution in [0.1, 0.15) is 0 Å². The Hall–Kier alpha value is -1.83. The van der Waals surface area contributed by atoms with Crippen LogP contribution in [0.4, 0.5) is 5.69 Å². The summed E-state index contributed by atoms with van der Waals surface area (Å²) in [6, 6.07) is 7.48. The number of nitrogens with zero attached hydrogens (tertiary/aromatic N) is 3. The number of piperazine rings is 1. The number of nitrogens with two attached hydrogens (primary N) is 1. The number of hydrogen-bond acceptors (Lipinski definition) is 6. The molecule has 0 bridgehead atoms. The van der Waals surface area contributed by atoms with Crippen LogP contribution in [0.25, 0.3) is 0 Å². The summed E-state index contributed by atoms with van der Waals surface area (Å²) < 4.78 is 10.9. The van der Waals surface area contributed by atoms with Gasteiger partial charge in [0.05, 0.1) is 12.3 Å². The summed E-state index contributed by atoms with van der Waals surface area (Å²) in [4.78, 5) is 18.4. The number of hydrogen-bond donors (Lipinski definition) is 1. The maximum atomic E-state index is 12.3. The van der Waals surface area contributed by atoms with Crippen molar-refractivity contribution in [1.29, 1.82) is 0 Å². The van der Waals surface area contributed by atoms with Gasteiger partial charge < -0.3 is 29.9 Å². The fourth-order valence-electron chi connectivity index (χ4n) is 2.83. The van der Waals surface area contributed by atoms with E-state index in [0.29, 0.717) is 19.7 Å². The molecule has 7 heteroatoms. The molecular weight excluding hydrogens is 320 g/mol. The summed E-state index contributed by atoms with van der Waals surface area (Å²) in [5.74, 6) is 0.845. The zero-order chi connectivity index (χ0) is 18.2. The summed E-state index contributed by atoms with van der Waals surface area (Å²) in [5.41, 5.74) is 6.93. The summed E-state index contributed by atoms with van der Waals surface area (Å²) in [7, 11) is 5.61. The van der Waals surface area contributed by atoms with Gasteiger partial charge in [-0.2, -0.15) is 0 Å². The molecule has 2 rings (SSSR count). The Morgan fingerprint density at radius 1 is 1.24 bits per heavy atom. The van der Waals surface area contributed by atoms with Crippen molar-refractivity contribution in [3.05, 3.63) is 24.3 Å². The largest absolute Gasteiger partial charge is 0.490 e. The number of carbonyl (C=O) groups excluding carboxylic acids is 1. The molecular formula is C18H30N4O3. The Kier molecular flexibility index (Phi) is 7.49. The average Bonchev–Trinajstić information content (AvgIpc) is 2.61. The molecule has 0 radical (unpaired) electrons. The number of methoxy groups -OCH3 is 1. The molecule has 1 aromatic rings. The first kappa shape index (κ1) is 19.5. The highest BCUT2D eigenvalue weighted by Gasteiger charge is 2.26. The molecule has 1 saturated heterocycles. The normalized spacial score (nSPS) is 16.2. The van der Waals surface area contributed by atoms with Gasteiger partial charge in [-0.3, -0.25) is 4.79 Å². The van der Waals surface area contributed by atoms with Crippen LogP contribution in [-0.2, 0) is 9.53 Å². The Balaban J connectivity index is 1.93. The van der Waals surface area contributed by atoms with Crippen molar-refractivity contribution in [2.45, 2.75) is 6.04 Å². The third-order valence-electron chi connectivity index (χ3n) is 4.26. The van der Waals surface area contributed by atoms with Gasteiger partial charge in [0, 0.05) is 39.8 Å². The van der Waals surface area contributed by atoms with Crippen LogP contribution in [-0.4, -0.2) is 88.9 Å². The van der Waals surface area contributed by atoms with Gasteiger partial charge in [0.25, 0.3) is 0 Å². The van der Waals surface area contributed by atoms with Crippen LogP contribution >= 0.6 is 0 Å². The topological polar surface area (TPSA) is 71.3 Å². The van der Waals surface area contributed by atoms with Gasteiger partial charge in [0.15, 0.2) is 0 Å². The number of amides is 1. The van der Waals surface area contributed by atoms with Crippen molar-refractivity contribution < 1.29 is 14.3 Å². The molecule has 7 nitrogen and oxygen atoms in total. The van der Waals surface area contributed by atoms with Crippen molar-refractivity contribution in [1.82, 2.24) is 9.80 Å². The van der Waals surface area contributed by atoms with Gasteiger partial charge >= 0.3 is 0 Å². The molecule has 0 spiro atoms. The molecule has 1 aliphatic rings. The predicted octanol–water partition coefficient (Wildman–Crippen LogP) is 0.249. The maximum Gasteiger partial charge on any atom is 0.241 e. The van der Waals surface area contributed by atoms with Crippen LogP contribution in [0.2, 0.25) is 0 Å². The van der Waals surface area contributed by atoms with E-state index in [-0.39, 0.29) is 12.5 Å². The van der Waals surface area contributed by atoms with Crippen LogP contribution in [0.3, 0.4) is 0 Å². The highest BCUT2D eigenvalue weighted by Crippen LogP contribution is 2.28. The first-order valence-corrected chi connectivity index (χ1v) is 8.67. The van der Waals surface area contributed by atoms with E-state index in [1.165, 1.54) is 0 Å². The fraction of sp³-hybridized carbons (Fsp3) is 0.611. The Labute approximate surface area is 150 Å². The number of para-hydroxylation sites is 2. The van der Waals surface area contributed by atoms with Crippen LogP contribution in [0.5, 0.6) is 5.75 Å². The minimum Gasteiger partial charge on any atom is -0.490 e. The lowest BCUT2D eigenvalue weighted by atomic mass is 10.2. The van der Waals surface area contributed by atoms with Crippen LogP contribution in [0, 0.1) is 0 Å². The Bertz CT molecular complexity index is 545. The van der Waals surface area contributed by atoms with E-state index in [0.717, 1.165) is 31.1 Å². The number of anilines is 1. The third kappa shape index (κ3) is 5.59. The smallest absolute Gasteiger partial charge is 0.241 e. The van der Waals surface area contributed by atoms with E-state index in [2.05, 4.69) is 15.9 Å². The van der Waals surface area contributed by atoms with Gasteiger partial charge in [-0.15, -0.1) is 0 Å². The van der Waals surface area contributed by atoms with Crippen molar-refractivity contribution in [3.8, 4) is 5.75 Å². The number of ether oxygens (including phenoxy) is 2. The lowest BCUT2D eigenvalue weighted by Gasteiger charge is -2.37. The minimum atomic E-state index is -0.585. The van der Waals surface area contributed by atoms with E-state index >= 15 is 0 Å². The van der Waals surface area contributed by atoms with E-state index in [1.54, 1.807) is 7.11 Å². The summed E-state index contributed by atoms with van der Waals surface area (Å²) >= 11 is 0. The maximum absolute atomic E-state index is 12.3. The quantitative estimate of drug-likeness (QED) is 0.725. The van der Waals surface area contributed by atoms with Gasteiger partial charge in [0.2, 0.25) is 5.91 Å². The first-order valence-electron chi connectivity index (χ1n) is 8.67. The van der Waals surface area contributed by atoms with E-state index in [9.17, 15) is 4.79 Å². The molecule has 1 atom stereocenters. The molecule has 1 aliphatic heterocycles. The highest BCUT2D eigenvalue weighted by atomic mass is 16.5. The van der Waals surface area contributed by atoms with E-state index in [1.807, 2.05) is 37.2 Å². The second-order valence-corrected chi connectivity index (χ2v) is 6.49. The summed E-state index contributed by atoms with van der Waals surface area (Å²) in [5, 5.41) is 0. The molecule has 1 amide bonds. The van der Waals surface area contributed by atoms with Crippen molar-refractivity contribution in [3.63, 3.8) is 0 Å². The van der Waals surface area contributed by atoms with Gasteiger partial charge in [-0.05, 0) is 26.2 Å². The van der Waals surface area contributed by atoms with Crippen molar-refractivity contribution in [2.75, 3.05) is 72.0 Å². The Morgan fingerprint density at radius 3 is 2.56 bits per heavy atom. The zero-order valence-corrected chi connectivity index (χ0v) is 15.5. The molecule has 0 aliphatic carbocycles. The zero-order valence-electron chi connectivity index (χ0n) is 15.5. The standard InChI is InChI=1S/C18H30N4O3/c1-20(2)12-13-25-17-7-5-4-6-16(17)21-8-10-22(11-9-21)18(23)15(19)14-24-3/h4-7,15H,8-14,19H2,1-3H3. The highest BCUT2D eigenvalue weighted by molar-refractivity contribution is 5.82. The molecule has 1 unspecified atom stereocenters. The van der Waals surface area contributed by atoms with Gasteiger partial charge in [-0.1, -0.05) is 12.1 Å². The second-order valence-electron chi connectivity index (χ2n) is 6.49. The molecule has 0 saturated carbocycles. The monoisotopic (exact) mass is 350 g/mol. The summed E-state index contributed by atoms with van der Waals surface area (Å²) in [6.45, 7) is 4.60.